The third kappa shape index (κ3) is 5.66. The lowest BCUT2D eigenvalue weighted by Gasteiger charge is -2.09. The first-order valence-electron chi connectivity index (χ1n) is 8.01. The Hall–Kier alpha value is -2.65. The Morgan fingerprint density at radius 1 is 1.22 bits per heavy atom. The summed E-state index contributed by atoms with van der Waals surface area (Å²) >= 11 is 2.60. The van der Waals surface area contributed by atoms with Crippen LogP contribution in [0.25, 0.3) is 0 Å². The number of carbonyl (C=O) groups excluding carboxylic acids is 1. The Bertz CT molecular complexity index is 920. The summed E-state index contributed by atoms with van der Waals surface area (Å²) in [7, 11) is 1.60. The molecule has 0 saturated carbocycles. The molecule has 0 bridgehead atoms. The number of rotatable bonds is 8. The van der Waals surface area contributed by atoms with Crippen molar-refractivity contribution in [2.24, 2.45) is 0 Å². The molecule has 1 aromatic heterocycles. The van der Waals surface area contributed by atoms with Crippen LogP contribution in [0.4, 0.5) is 15.2 Å². The van der Waals surface area contributed by atoms with Crippen LogP contribution >= 0.6 is 23.1 Å². The molecular weight excluding hydrogens is 387 g/mol. The first kappa shape index (κ1) is 19.1. The highest BCUT2D eigenvalue weighted by molar-refractivity contribution is 8.01. The summed E-state index contributed by atoms with van der Waals surface area (Å²) in [6.45, 7) is 0.395. The van der Waals surface area contributed by atoms with Gasteiger partial charge in [-0.25, -0.2) is 4.39 Å². The maximum atomic E-state index is 13.2. The number of carbonyl (C=O) groups is 1. The molecule has 0 atom stereocenters. The molecule has 0 aliphatic heterocycles. The van der Waals surface area contributed by atoms with Crippen LogP contribution in [0.3, 0.4) is 0 Å². The van der Waals surface area contributed by atoms with Gasteiger partial charge in [0.05, 0.1) is 12.9 Å². The molecule has 0 aliphatic carbocycles. The van der Waals surface area contributed by atoms with E-state index in [9.17, 15) is 9.18 Å². The summed E-state index contributed by atoms with van der Waals surface area (Å²) in [4.78, 5) is 12.1. The van der Waals surface area contributed by atoms with E-state index < -0.39 is 0 Å². The largest absolute Gasteiger partial charge is 0.496 e. The van der Waals surface area contributed by atoms with Gasteiger partial charge in [-0.1, -0.05) is 47.4 Å². The van der Waals surface area contributed by atoms with Gasteiger partial charge < -0.3 is 15.4 Å². The van der Waals surface area contributed by atoms with Crippen LogP contribution in [0.2, 0.25) is 0 Å². The Balaban J connectivity index is 1.47. The SMILES string of the molecule is COc1ccccc1CNC(=O)CSc1nnc(Nc2cccc(F)c2)s1. The molecule has 0 unspecified atom stereocenters. The van der Waals surface area contributed by atoms with Crippen molar-refractivity contribution in [2.75, 3.05) is 18.2 Å². The van der Waals surface area contributed by atoms with Crippen LogP contribution in [0, 0.1) is 5.82 Å². The van der Waals surface area contributed by atoms with Crippen molar-refractivity contribution < 1.29 is 13.9 Å². The monoisotopic (exact) mass is 404 g/mol. The molecule has 9 heteroatoms. The summed E-state index contributed by atoms with van der Waals surface area (Å²) in [6, 6.07) is 13.6. The number of benzene rings is 2. The van der Waals surface area contributed by atoms with Crippen LogP contribution in [0.1, 0.15) is 5.56 Å². The molecule has 6 nitrogen and oxygen atoms in total. The van der Waals surface area contributed by atoms with Gasteiger partial charge in [0, 0.05) is 17.8 Å². The lowest BCUT2D eigenvalue weighted by atomic mass is 10.2. The van der Waals surface area contributed by atoms with Crippen molar-refractivity contribution >= 4 is 39.8 Å². The van der Waals surface area contributed by atoms with Gasteiger partial charge in [-0.2, -0.15) is 0 Å². The maximum absolute atomic E-state index is 13.2. The van der Waals surface area contributed by atoms with Crippen molar-refractivity contribution in [1.29, 1.82) is 0 Å². The molecule has 27 heavy (non-hydrogen) atoms. The topological polar surface area (TPSA) is 76.1 Å². The number of methoxy groups -OCH3 is 1. The second kappa shape index (κ2) is 9.33. The van der Waals surface area contributed by atoms with E-state index in [1.165, 1.54) is 35.2 Å². The fourth-order valence-electron chi connectivity index (χ4n) is 2.23. The number of halogens is 1. The molecule has 2 aromatic carbocycles. The van der Waals surface area contributed by atoms with Crippen LogP contribution in [-0.4, -0.2) is 29.0 Å². The second-order valence-electron chi connectivity index (χ2n) is 5.39. The van der Waals surface area contributed by atoms with Gasteiger partial charge in [0.15, 0.2) is 4.34 Å². The van der Waals surface area contributed by atoms with E-state index >= 15 is 0 Å². The quantitative estimate of drug-likeness (QED) is 0.556. The smallest absolute Gasteiger partial charge is 0.230 e. The Morgan fingerprint density at radius 2 is 2.07 bits per heavy atom. The molecule has 0 fully saturated rings. The number of ether oxygens (including phenoxy) is 1. The van der Waals surface area contributed by atoms with Crippen LogP contribution in [-0.2, 0) is 11.3 Å². The summed E-state index contributed by atoms with van der Waals surface area (Å²) in [6.07, 6.45) is 0. The number of amides is 1. The van der Waals surface area contributed by atoms with Gasteiger partial charge in [0.25, 0.3) is 0 Å². The van der Waals surface area contributed by atoms with Crippen molar-refractivity contribution in [3.63, 3.8) is 0 Å². The number of aromatic nitrogens is 2. The van der Waals surface area contributed by atoms with Gasteiger partial charge in [-0.15, -0.1) is 10.2 Å². The van der Waals surface area contributed by atoms with Gasteiger partial charge in [-0.3, -0.25) is 4.79 Å². The zero-order chi connectivity index (χ0) is 19.1. The number of hydrogen-bond acceptors (Lipinski definition) is 7. The summed E-state index contributed by atoms with van der Waals surface area (Å²) in [5.74, 6) is 0.526. The predicted molar refractivity (Wildman–Crippen MR) is 105 cm³/mol. The van der Waals surface area contributed by atoms with Gasteiger partial charge >= 0.3 is 0 Å². The molecule has 1 amide bonds. The highest BCUT2D eigenvalue weighted by atomic mass is 32.2. The molecule has 3 aromatic rings. The normalized spacial score (nSPS) is 10.4. The fraction of sp³-hybridized carbons (Fsp3) is 0.167. The van der Waals surface area contributed by atoms with Crippen LogP contribution < -0.4 is 15.4 Å². The molecule has 0 spiro atoms. The highest BCUT2D eigenvalue weighted by Crippen LogP contribution is 2.27. The molecular formula is C18H17FN4O2S2. The fourth-order valence-corrected chi connectivity index (χ4v) is 3.83. The van der Waals surface area contributed by atoms with Gasteiger partial charge in [0.1, 0.15) is 11.6 Å². The average Bonchev–Trinajstić information content (AvgIpc) is 3.12. The molecule has 1 heterocycles. The maximum Gasteiger partial charge on any atom is 0.230 e. The van der Waals surface area contributed by atoms with Crippen molar-refractivity contribution in [3.8, 4) is 5.75 Å². The highest BCUT2D eigenvalue weighted by Gasteiger charge is 2.10. The zero-order valence-corrected chi connectivity index (χ0v) is 16.1. The lowest BCUT2D eigenvalue weighted by molar-refractivity contribution is -0.118. The Kier molecular flexibility index (Phi) is 6.61. The average molecular weight is 404 g/mol. The van der Waals surface area contributed by atoms with Gasteiger partial charge in [-0.05, 0) is 24.3 Å². The van der Waals surface area contributed by atoms with Crippen molar-refractivity contribution in [2.45, 2.75) is 10.9 Å². The molecule has 2 N–H and O–H groups in total. The van der Waals surface area contributed by atoms with E-state index in [0.29, 0.717) is 21.7 Å². The zero-order valence-electron chi connectivity index (χ0n) is 14.4. The van der Waals surface area contributed by atoms with Crippen LogP contribution in [0.15, 0.2) is 52.9 Å². The minimum Gasteiger partial charge on any atom is -0.496 e. The number of nitrogens with zero attached hydrogens (tertiary/aromatic N) is 2. The molecule has 140 valence electrons. The lowest BCUT2D eigenvalue weighted by Crippen LogP contribution is -2.24. The van der Waals surface area contributed by atoms with E-state index in [1.54, 1.807) is 19.2 Å². The van der Waals surface area contributed by atoms with E-state index in [1.807, 2.05) is 24.3 Å². The summed E-state index contributed by atoms with van der Waals surface area (Å²) in [5, 5.41) is 14.4. The molecule has 0 aliphatic rings. The minimum absolute atomic E-state index is 0.110. The first-order valence-corrected chi connectivity index (χ1v) is 9.82. The third-order valence-electron chi connectivity index (χ3n) is 3.48. The van der Waals surface area contributed by atoms with Crippen molar-refractivity contribution in [1.82, 2.24) is 15.5 Å². The van der Waals surface area contributed by atoms with E-state index in [4.69, 9.17) is 4.74 Å². The standard InChI is InChI=1S/C18H17FN4O2S2/c1-25-15-8-3-2-5-12(15)10-20-16(24)11-26-18-23-22-17(27-18)21-14-7-4-6-13(19)9-14/h2-9H,10-11H2,1H3,(H,20,24)(H,21,22). The number of para-hydroxylation sites is 1. The third-order valence-corrected chi connectivity index (χ3v) is 5.45. The van der Waals surface area contributed by atoms with E-state index in [-0.39, 0.29) is 17.5 Å². The molecule has 3 rings (SSSR count). The van der Waals surface area contributed by atoms with E-state index in [2.05, 4.69) is 20.8 Å². The molecule has 0 radical (unpaired) electrons. The van der Waals surface area contributed by atoms with E-state index in [0.717, 1.165) is 11.3 Å². The summed E-state index contributed by atoms with van der Waals surface area (Å²) < 4.78 is 19.1. The Morgan fingerprint density at radius 3 is 2.89 bits per heavy atom. The Labute approximate surface area is 164 Å². The number of thioether (sulfide) groups is 1. The number of hydrogen-bond donors (Lipinski definition) is 2. The minimum atomic E-state index is -0.328. The number of nitrogens with one attached hydrogen (secondary N) is 2. The number of anilines is 2. The van der Waals surface area contributed by atoms with Crippen molar-refractivity contribution in [3.05, 3.63) is 59.9 Å². The second-order valence-corrected chi connectivity index (χ2v) is 7.59. The van der Waals surface area contributed by atoms with Gasteiger partial charge in [0.2, 0.25) is 11.0 Å². The summed E-state index contributed by atoms with van der Waals surface area (Å²) in [5.41, 5.74) is 1.51. The van der Waals surface area contributed by atoms with Crippen LogP contribution in [0.5, 0.6) is 5.75 Å². The molecule has 0 saturated heterocycles. The first-order chi connectivity index (χ1) is 13.1. The predicted octanol–water partition coefficient (Wildman–Crippen LogP) is 3.84.